The van der Waals surface area contributed by atoms with Crippen LogP contribution in [0.25, 0.3) is 0 Å². The molecule has 112 valence electrons. The molecule has 20 heavy (non-hydrogen) atoms. The van der Waals surface area contributed by atoms with Crippen LogP contribution < -0.4 is 5.32 Å². The highest BCUT2D eigenvalue weighted by atomic mass is 32.2. The van der Waals surface area contributed by atoms with Crippen LogP contribution in [0.5, 0.6) is 0 Å². The van der Waals surface area contributed by atoms with Crippen LogP contribution in [0.2, 0.25) is 0 Å². The molecule has 0 heterocycles. The van der Waals surface area contributed by atoms with Crippen LogP contribution in [0.1, 0.15) is 46.0 Å². The van der Waals surface area contributed by atoms with Crippen molar-refractivity contribution in [1.29, 1.82) is 0 Å². The van der Waals surface area contributed by atoms with E-state index in [1.165, 1.54) is 12.8 Å². The van der Waals surface area contributed by atoms with Crippen LogP contribution in [0, 0.1) is 5.92 Å². The van der Waals surface area contributed by atoms with Crippen molar-refractivity contribution in [2.45, 2.75) is 56.9 Å². The van der Waals surface area contributed by atoms with Gasteiger partial charge in [-0.15, -0.1) is 0 Å². The highest BCUT2D eigenvalue weighted by molar-refractivity contribution is 7.91. The maximum atomic E-state index is 12.3. The molecule has 0 aromatic heterocycles. The minimum absolute atomic E-state index is 0.213. The first-order chi connectivity index (χ1) is 9.56. The van der Waals surface area contributed by atoms with Gasteiger partial charge in [0.25, 0.3) is 0 Å². The van der Waals surface area contributed by atoms with Gasteiger partial charge in [-0.3, -0.25) is 0 Å². The van der Waals surface area contributed by atoms with E-state index >= 15 is 0 Å². The Labute approximate surface area is 122 Å². The van der Waals surface area contributed by atoms with Crippen LogP contribution in [0.4, 0.5) is 5.69 Å². The second kappa shape index (κ2) is 6.61. The van der Waals surface area contributed by atoms with Crippen molar-refractivity contribution in [3.63, 3.8) is 0 Å². The minimum Gasteiger partial charge on any atom is -0.381 e. The summed E-state index contributed by atoms with van der Waals surface area (Å²) >= 11 is 0. The number of sulfone groups is 1. The van der Waals surface area contributed by atoms with Gasteiger partial charge in [0.05, 0.1) is 16.3 Å². The minimum atomic E-state index is -3.17. The van der Waals surface area contributed by atoms with Crippen molar-refractivity contribution in [2.24, 2.45) is 5.92 Å². The molecule has 1 fully saturated rings. The van der Waals surface area contributed by atoms with Crippen molar-refractivity contribution in [3.8, 4) is 0 Å². The molecule has 0 spiro atoms. The van der Waals surface area contributed by atoms with Crippen LogP contribution in [-0.2, 0) is 9.84 Å². The lowest BCUT2D eigenvalue weighted by Gasteiger charge is -2.20. The van der Waals surface area contributed by atoms with E-state index < -0.39 is 9.84 Å². The van der Waals surface area contributed by atoms with Crippen LogP contribution in [0.3, 0.4) is 0 Å². The van der Waals surface area contributed by atoms with Gasteiger partial charge in [-0.25, -0.2) is 8.42 Å². The monoisotopic (exact) mass is 295 g/mol. The van der Waals surface area contributed by atoms with Gasteiger partial charge in [0.1, 0.15) is 0 Å². The molecule has 1 atom stereocenters. The first-order valence-electron chi connectivity index (χ1n) is 7.65. The summed E-state index contributed by atoms with van der Waals surface area (Å²) in [6.45, 7) is 4.05. The molecule has 1 unspecified atom stereocenters. The number of anilines is 1. The summed E-state index contributed by atoms with van der Waals surface area (Å²) in [5.74, 6) is 1.05. The fourth-order valence-corrected chi connectivity index (χ4v) is 4.04. The average Bonchev–Trinajstić information content (AvgIpc) is 3.22. The summed E-state index contributed by atoms with van der Waals surface area (Å²) in [6.07, 6.45) is 5.48. The molecule has 1 aliphatic carbocycles. The van der Waals surface area contributed by atoms with Crippen molar-refractivity contribution in [1.82, 2.24) is 0 Å². The summed E-state index contributed by atoms with van der Waals surface area (Å²) < 4.78 is 24.6. The predicted molar refractivity (Wildman–Crippen MR) is 83.8 cm³/mol. The molecule has 0 amide bonds. The number of benzene rings is 1. The summed E-state index contributed by atoms with van der Waals surface area (Å²) in [6, 6.07) is 7.68. The lowest BCUT2D eigenvalue weighted by Crippen LogP contribution is -2.21. The molecular weight excluding hydrogens is 270 g/mol. The molecule has 0 saturated heterocycles. The van der Waals surface area contributed by atoms with E-state index in [4.69, 9.17) is 0 Å². The predicted octanol–water partition coefficient (Wildman–Crippen LogP) is 3.86. The molecule has 0 radical (unpaired) electrons. The zero-order valence-electron chi connectivity index (χ0n) is 12.4. The molecule has 0 bridgehead atoms. The molecule has 1 aromatic carbocycles. The second-order valence-corrected chi connectivity index (χ2v) is 7.82. The van der Waals surface area contributed by atoms with E-state index in [1.807, 2.05) is 19.1 Å². The van der Waals surface area contributed by atoms with Gasteiger partial charge in [0.15, 0.2) is 9.84 Å². The number of rotatable bonds is 8. The second-order valence-electron chi connectivity index (χ2n) is 5.74. The first kappa shape index (κ1) is 15.4. The van der Waals surface area contributed by atoms with Crippen LogP contribution in [-0.4, -0.2) is 20.2 Å². The largest absolute Gasteiger partial charge is 0.381 e. The SMILES string of the molecule is CCCS(=O)(=O)c1ccccc1NC(CC)CC1CC1. The number of para-hydroxylation sites is 1. The summed E-state index contributed by atoms with van der Waals surface area (Å²) in [5, 5.41) is 3.45. The Morgan fingerprint density at radius 1 is 1.25 bits per heavy atom. The van der Waals surface area contributed by atoms with E-state index in [1.54, 1.807) is 12.1 Å². The Morgan fingerprint density at radius 3 is 2.55 bits per heavy atom. The summed E-state index contributed by atoms with van der Waals surface area (Å²) in [4.78, 5) is 0.455. The highest BCUT2D eigenvalue weighted by Crippen LogP contribution is 2.35. The normalized spacial score (nSPS) is 16.9. The van der Waals surface area contributed by atoms with E-state index in [2.05, 4.69) is 12.2 Å². The first-order valence-corrected chi connectivity index (χ1v) is 9.30. The number of hydrogen-bond acceptors (Lipinski definition) is 3. The van der Waals surface area contributed by atoms with E-state index in [-0.39, 0.29) is 5.75 Å². The third-order valence-electron chi connectivity index (χ3n) is 3.86. The zero-order chi connectivity index (χ0) is 14.6. The summed E-state index contributed by atoms with van der Waals surface area (Å²) in [7, 11) is -3.17. The topological polar surface area (TPSA) is 46.2 Å². The standard InChI is InChI=1S/C16H25NO2S/c1-3-11-20(18,19)16-8-6-5-7-15(16)17-14(4-2)12-13-9-10-13/h5-8,13-14,17H,3-4,9-12H2,1-2H3. The lowest BCUT2D eigenvalue weighted by atomic mass is 10.1. The van der Waals surface area contributed by atoms with Gasteiger partial charge in [-0.05, 0) is 37.3 Å². The highest BCUT2D eigenvalue weighted by Gasteiger charge is 2.26. The third-order valence-corrected chi connectivity index (χ3v) is 5.83. The van der Waals surface area contributed by atoms with Crippen LogP contribution >= 0.6 is 0 Å². The van der Waals surface area contributed by atoms with Gasteiger partial charge in [-0.1, -0.05) is 38.8 Å². The van der Waals surface area contributed by atoms with E-state index in [9.17, 15) is 8.42 Å². The Morgan fingerprint density at radius 2 is 1.95 bits per heavy atom. The Hall–Kier alpha value is -1.03. The smallest absolute Gasteiger partial charge is 0.180 e. The Kier molecular flexibility index (Phi) is 5.08. The molecule has 1 saturated carbocycles. The summed E-state index contributed by atoms with van der Waals surface area (Å²) in [5.41, 5.74) is 0.772. The molecule has 1 aliphatic rings. The van der Waals surface area contributed by atoms with Crippen molar-refractivity contribution >= 4 is 15.5 Å². The molecule has 3 nitrogen and oxygen atoms in total. The van der Waals surface area contributed by atoms with Gasteiger partial charge in [0, 0.05) is 6.04 Å². The molecular formula is C16H25NO2S. The van der Waals surface area contributed by atoms with Crippen LogP contribution in [0.15, 0.2) is 29.2 Å². The van der Waals surface area contributed by atoms with Gasteiger partial charge in [-0.2, -0.15) is 0 Å². The molecule has 0 aliphatic heterocycles. The average molecular weight is 295 g/mol. The van der Waals surface area contributed by atoms with Gasteiger partial charge >= 0.3 is 0 Å². The molecule has 1 N–H and O–H groups in total. The lowest BCUT2D eigenvalue weighted by molar-refractivity contribution is 0.582. The molecule has 2 rings (SSSR count). The Balaban J connectivity index is 2.18. The molecule has 1 aromatic rings. The Bertz CT molecular complexity index is 535. The van der Waals surface area contributed by atoms with Gasteiger partial charge < -0.3 is 5.32 Å². The maximum Gasteiger partial charge on any atom is 0.180 e. The maximum absolute atomic E-state index is 12.3. The quantitative estimate of drug-likeness (QED) is 0.792. The fourth-order valence-electron chi connectivity index (χ4n) is 2.54. The van der Waals surface area contributed by atoms with Crippen molar-refractivity contribution in [3.05, 3.63) is 24.3 Å². The van der Waals surface area contributed by atoms with E-state index in [0.717, 1.165) is 24.4 Å². The molecule has 4 heteroatoms. The van der Waals surface area contributed by atoms with Crippen molar-refractivity contribution in [2.75, 3.05) is 11.1 Å². The fraction of sp³-hybridized carbons (Fsp3) is 0.625. The number of nitrogens with one attached hydrogen (secondary N) is 1. The van der Waals surface area contributed by atoms with Gasteiger partial charge in [0.2, 0.25) is 0 Å². The number of hydrogen-bond donors (Lipinski definition) is 1. The zero-order valence-corrected chi connectivity index (χ0v) is 13.2. The van der Waals surface area contributed by atoms with E-state index in [0.29, 0.717) is 17.4 Å². The van der Waals surface area contributed by atoms with Crippen molar-refractivity contribution < 1.29 is 8.42 Å². The third kappa shape index (κ3) is 3.98.